The Morgan fingerprint density at radius 1 is 1.42 bits per heavy atom. The standard InChI is InChI=1S/C9H9N3/c10-4-8-5-11-9(12-6-8)3-7-1-2-7/h5-7H,1-3H2. The maximum absolute atomic E-state index is 8.49. The highest BCUT2D eigenvalue weighted by atomic mass is 14.9. The first-order chi connectivity index (χ1) is 5.88. The van der Waals surface area contributed by atoms with Gasteiger partial charge in [-0.3, -0.25) is 0 Å². The zero-order valence-corrected chi connectivity index (χ0v) is 6.70. The molecule has 0 amide bonds. The van der Waals surface area contributed by atoms with Crippen molar-refractivity contribution in [3.63, 3.8) is 0 Å². The lowest BCUT2D eigenvalue weighted by molar-refractivity contribution is 0.768. The van der Waals surface area contributed by atoms with Crippen molar-refractivity contribution < 1.29 is 0 Å². The van der Waals surface area contributed by atoms with Gasteiger partial charge in [0.2, 0.25) is 0 Å². The highest BCUT2D eigenvalue weighted by Crippen LogP contribution is 2.31. The lowest BCUT2D eigenvalue weighted by Crippen LogP contribution is -1.95. The molecule has 3 nitrogen and oxygen atoms in total. The van der Waals surface area contributed by atoms with Crippen LogP contribution < -0.4 is 0 Å². The Labute approximate surface area is 71.1 Å². The maximum atomic E-state index is 8.49. The van der Waals surface area contributed by atoms with E-state index in [1.807, 2.05) is 6.07 Å². The molecule has 0 aromatic carbocycles. The predicted octanol–water partition coefficient (Wildman–Crippen LogP) is 1.30. The summed E-state index contributed by atoms with van der Waals surface area (Å²) in [4.78, 5) is 8.19. The van der Waals surface area contributed by atoms with E-state index in [4.69, 9.17) is 5.26 Å². The molecule has 2 rings (SSSR count). The molecule has 0 aliphatic heterocycles. The van der Waals surface area contributed by atoms with E-state index in [0.717, 1.165) is 18.2 Å². The summed E-state index contributed by atoms with van der Waals surface area (Å²) in [6.07, 6.45) is 6.77. The largest absolute Gasteiger partial charge is 0.240 e. The third-order valence-electron chi connectivity index (χ3n) is 2.00. The first-order valence-corrected chi connectivity index (χ1v) is 4.09. The molecular formula is C9H9N3. The summed E-state index contributed by atoms with van der Waals surface area (Å²) in [7, 11) is 0. The van der Waals surface area contributed by atoms with Crippen LogP contribution in [0.1, 0.15) is 24.2 Å². The van der Waals surface area contributed by atoms with Gasteiger partial charge in [0, 0.05) is 18.8 Å². The van der Waals surface area contributed by atoms with Gasteiger partial charge in [0.15, 0.2) is 0 Å². The van der Waals surface area contributed by atoms with Crippen LogP contribution in [0.25, 0.3) is 0 Å². The zero-order chi connectivity index (χ0) is 8.39. The Bertz CT molecular complexity index is 306. The summed E-state index contributed by atoms with van der Waals surface area (Å²) in [6, 6.07) is 2.00. The Morgan fingerprint density at radius 2 is 2.08 bits per heavy atom. The minimum absolute atomic E-state index is 0.537. The van der Waals surface area contributed by atoms with Crippen LogP contribution in [0.4, 0.5) is 0 Å². The van der Waals surface area contributed by atoms with Crippen LogP contribution in [0.5, 0.6) is 0 Å². The van der Waals surface area contributed by atoms with Crippen LogP contribution >= 0.6 is 0 Å². The van der Waals surface area contributed by atoms with Gasteiger partial charge < -0.3 is 0 Å². The van der Waals surface area contributed by atoms with Crippen molar-refractivity contribution in [3.8, 4) is 6.07 Å². The SMILES string of the molecule is N#Cc1cnc(CC2CC2)nc1. The van der Waals surface area contributed by atoms with Crippen LogP contribution in [-0.2, 0) is 6.42 Å². The van der Waals surface area contributed by atoms with E-state index in [1.165, 1.54) is 12.8 Å². The minimum Gasteiger partial charge on any atom is -0.240 e. The molecule has 0 bridgehead atoms. The van der Waals surface area contributed by atoms with Crippen LogP contribution in [0.2, 0.25) is 0 Å². The van der Waals surface area contributed by atoms with Crippen LogP contribution in [0.15, 0.2) is 12.4 Å². The van der Waals surface area contributed by atoms with Gasteiger partial charge in [-0.1, -0.05) is 0 Å². The van der Waals surface area contributed by atoms with Crippen molar-refractivity contribution in [2.45, 2.75) is 19.3 Å². The zero-order valence-electron chi connectivity index (χ0n) is 6.70. The first kappa shape index (κ1) is 7.23. The fourth-order valence-electron chi connectivity index (χ4n) is 1.10. The third-order valence-corrected chi connectivity index (χ3v) is 2.00. The van der Waals surface area contributed by atoms with Crippen LogP contribution in [0, 0.1) is 17.2 Å². The lowest BCUT2D eigenvalue weighted by Gasteiger charge is -1.95. The van der Waals surface area contributed by atoms with E-state index >= 15 is 0 Å². The van der Waals surface area contributed by atoms with E-state index in [-0.39, 0.29) is 0 Å². The molecule has 0 spiro atoms. The molecule has 0 N–H and O–H groups in total. The average Bonchev–Trinajstić information content (AvgIpc) is 2.90. The molecule has 1 saturated carbocycles. The fraction of sp³-hybridized carbons (Fsp3) is 0.444. The second kappa shape index (κ2) is 2.90. The molecule has 1 heterocycles. The Hall–Kier alpha value is -1.43. The molecule has 0 unspecified atom stereocenters. The summed E-state index contributed by atoms with van der Waals surface area (Å²) in [5, 5.41) is 8.49. The maximum Gasteiger partial charge on any atom is 0.128 e. The third kappa shape index (κ3) is 1.59. The molecule has 0 atom stereocenters. The smallest absolute Gasteiger partial charge is 0.128 e. The van der Waals surface area contributed by atoms with E-state index in [1.54, 1.807) is 12.4 Å². The average molecular weight is 159 g/mol. The molecule has 60 valence electrons. The first-order valence-electron chi connectivity index (χ1n) is 4.09. The van der Waals surface area contributed by atoms with Gasteiger partial charge in [0.25, 0.3) is 0 Å². The number of nitrogens with zero attached hydrogens (tertiary/aromatic N) is 3. The molecule has 0 saturated heterocycles. The topological polar surface area (TPSA) is 49.6 Å². The summed E-state index contributed by atoms with van der Waals surface area (Å²) in [5.41, 5.74) is 0.537. The van der Waals surface area contributed by atoms with Crippen molar-refractivity contribution in [3.05, 3.63) is 23.8 Å². The summed E-state index contributed by atoms with van der Waals surface area (Å²) >= 11 is 0. The number of nitriles is 1. The second-order valence-corrected chi connectivity index (χ2v) is 3.15. The number of aromatic nitrogens is 2. The normalized spacial score (nSPS) is 15.6. The highest BCUT2D eigenvalue weighted by Gasteiger charge is 2.22. The van der Waals surface area contributed by atoms with Crippen molar-refractivity contribution in [2.75, 3.05) is 0 Å². The van der Waals surface area contributed by atoms with E-state index in [2.05, 4.69) is 9.97 Å². The lowest BCUT2D eigenvalue weighted by atomic mass is 10.3. The summed E-state index contributed by atoms with van der Waals surface area (Å²) < 4.78 is 0. The molecule has 1 fully saturated rings. The van der Waals surface area contributed by atoms with Gasteiger partial charge in [0.05, 0.1) is 5.56 Å². The molecule has 1 aromatic heterocycles. The Morgan fingerprint density at radius 3 is 2.58 bits per heavy atom. The van der Waals surface area contributed by atoms with Gasteiger partial charge in [0.1, 0.15) is 11.9 Å². The number of hydrogen-bond acceptors (Lipinski definition) is 3. The van der Waals surface area contributed by atoms with Gasteiger partial charge in [-0.25, -0.2) is 9.97 Å². The summed E-state index contributed by atoms with van der Waals surface area (Å²) in [6.45, 7) is 0. The van der Waals surface area contributed by atoms with E-state index in [9.17, 15) is 0 Å². The summed E-state index contributed by atoms with van der Waals surface area (Å²) in [5.74, 6) is 1.68. The fourth-order valence-corrected chi connectivity index (χ4v) is 1.10. The molecule has 3 heteroatoms. The van der Waals surface area contributed by atoms with E-state index < -0.39 is 0 Å². The van der Waals surface area contributed by atoms with Crippen LogP contribution in [0.3, 0.4) is 0 Å². The van der Waals surface area contributed by atoms with E-state index in [0.29, 0.717) is 5.56 Å². The molecule has 1 aliphatic carbocycles. The van der Waals surface area contributed by atoms with Gasteiger partial charge in [-0.15, -0.1) is 0 Å². The van der Waals surface area contributed by atoms with Crippen molar-refractivity contribution in [2.24, 2.45) is 5.92 Å². The quantitative estimate of drug-likeness (QED) is 0.653. The Balaban J connectivity index is 2.08. The molecule has 0 radical (unpaired) electrons. The number of rotatable bonds is 2. The Kier molecular flexibility index (Phi) is 1.75. The molecule has 1 aromatic rings. The van der Waals surface area contributed by atoms with Crippen molar-refractivity contribution in [1.29, 1.82) is 5.26 Å². The number of hydrogen-bond donors (Lipinski definition) is 0. The van der Waals surface area contributed by atoms with Crippen LogP contribution in [-0.4, -0.2) is 9.97 Å². The van der Waals surface area contributed by atoms with Gasteiger partial charge in [-0.2, -0.15) is 5.26 Å². The molecular weight excluding hydrogens is 150 g/mol. The molecule has 1 aliphatic rings. The second-order valence-electron chi connectivity index (χ2n) is 3.15. The van der Waals surface area contributed by atoms with Gasteiger partial charge in [-0.05, 0) is 18.8 Å². The predicted molar refractivity (Wildman–Crippen MR) is 43.2 cm³/mol. The van der Waals surface area contributed by atoms with Crippen molar-refractivity contribution >= 4 is 0 Å². The monoisotopic (exact) mass is 159 g/mol. The minimum atomic E-state index is 0.537. The van der Waals surface area contributed by atoms with Crippen molar-refractivity contribution in [1.82, 2.24) is 9.97 Å². The highest BCUT2D eigenvalue weighted by molar-refractivity contribution is 5.21. The van der Waals surface area contributed by atoms with Gasteiger partial charge >= 0.3 is 0 Å². The molecule has 12 heavy (non-hydrogen) atoms.